The van der Waals surface area contributed by atoms with Gasteiger partial charge in [0.2, 0.25) is 0 Å². The van der Waals surface area contributed by atoms with Crippen molar-refractivity contribution < 1.29 is 0 Å². The van der Waals surface area contributed by atoms with Crippen molar-refractivity contribution in [2.75, 3.05) is 13.1 Å². The van der Waals surface area contributed by atoms with Crippen molar-refractivity contribution in [3.63, 3.8) is 0 Å². The fraction of sp³-hybridized carbons (Fsp3) is 0.765. The van der Waals surface area contributed by atoms with Crippen molar-refractivity contribution in [3.05, 3.63) is 22.4 Å². The number of thiophene rings is 1. The maximum Gasteiger partial charge on any atom is 0.0330 e. The lowest BCUT2D eigenvalue weighted by Crippen LogP contribution is -2.31. The van der Waals surface area contributed by atoms with Gasteiger partial charge in [-0.25, -0.2) is 0 Å². The summed E-state index contributed by atoms with van der Waals surface area (Å²) in [5, 5.41) is 2.17. The molecule has 2 nitrogen and oxygen atoms in total. The molecule has 0 aliphatic heterocycles. The molecule has 20 heavy (non-hydrogen) atoms. The molecule has 1 atom stereocenters. The lowest BCUT2D eigenvalue weighted by Gasteiger charge is -2.27. The van der Waals surface area contributed by atoms with Gasteiger partial charge < -0.3 is 5.73 Å². The van der Waals surface area contributed by atoms with Crippen molar-refractivity contribution in [3.8, 4) is 0 Å². The number of nitrogens with two attached hydrogens (primary N) is 1. The summed E-state index contributed by atoms with van der Waals surface area (Å²) in [6.07, 6.45) is 3.76. The first-order valence-electron chi connectivity index (χ1n) is 8.01. The van der Waals surface area contributed by atoms with Crippen LogP contribution in [0.3, 0.4) is 0 Å². The van der Waals surface area contributed by atoms with E-state index in [4.69, 9.17) is 5.73 Å². The van der Waals surface area contributed by atoms with E-state index in [2.05, 4.69) is 50.1 Å². The van der Waals surface area contributed by atoms with E-state index < -0.39 is 0 Å². The van der Waals surface area contributed by atoms with E-state index in [0.717, 1.165) is 24.9 Å². The second kappa shape index (κ2) is 9.54. The number of hydrogen-bond acceptors (Lipinski definition) is 3. The zero-order valence-electron chi connectivity index (χ0n) is 13.6. The standard InChI is InChI=1S/C17H32N2S/c1-14(2)16(9-10-18)7-5-11-19(15(3)4)13-17-8-6-12-20-17/h6,8,12,14-16H,5,7,9-11,13,18H2,1-4H3. The summed E-state index contributed by atoms with van der Waals surface area (Å²) in [6, 6.07) is 5.00. The highest BCUT2D eigenvalue weighted by atomic mass is 32.1. The van der Waals surface area contributed by atoms with Gasteiger partial charge in [0.1, 0.15) is 0 Å². The summed E-state index contributed by atoms with van der Waals surface area (Å²) in [6.45, 7) is 12.4. The number of rotatable bonds is 10. The average Bonchev–Trinajstić information content (AvgIpc) is 2.88. The van der Waals surface area contributed by atoms with Crippen LogP contribution in [0.25, 0.3) is 0 Å². The molecule has 0 aromatic carbocycles. The fourth-order valence-corrected chi connectivity index (χ4v) is 3.43. The van der Waals surface area contributed by atoms with Crippen LogP contribution in [0.5, 0.6) is 0 Å². The first-order valence-corrected chi connectivity index (χ1v) is 8.89. The molecular formula is C17H32N2S. The van der Waals surface area contributed by atoms with E-state index in [1.807, 2.05) is 11.3 Å². The first kappa shape index (κ1) is 17.7. The Hall–Kier alpha value is -0.380. The molecular weight excluding hydrogens is 264 g/mol. The van der Waals surface area contributed by atoms with Crippen LogP contribution in [0.2, 0.25) is 0 Å². The normalized spacial score (nSPS) is 13.6. The monoisotopic (exact) mass is 296 g/mol. The molecule has 3 heteroatoms. The molecule has 0 bridgehead atoms. The molecule has 1 rings (SSSR count). The Morgan fingerprint density at radius 2 is 1.95 bits per heavy atom. The lowest BCUT2D eigenvalue weighted by atomic mass is 9.88. The maximum atomic E-state index is 5.73. The van der Waals surface area contributed by atoms with Crippen LogP contribution >= 0.6 is 11.3 Å². The van der Waals surface area contributed by atoms with Gasteiger partial charge in [-0.05, 0) is 69.5 Å². The van der Waals surface area contributed by atoms with Gasteiger partial charge in [0.05, 0.1) is 0 Å². The van der Waals surface area contributed by atoms with E-state index >= 15 is 0 Å². The zero-order valence-corrected chi connectivity index (χ0v) is 14.5. The molecule has 1 heterocycles. The summed E-state index contributed by atoms with van der Waals surface area (Å²) in [5.74, 6) is 1.54. The van der Waals surface area contributed by atoms with Crippen molar-refractivity contribution >= 4 is 11.3 Å². The first-order chi connectivity index (χ1) is 9.54. The predicted molar refractivity (Wildman–Crippen MR) is 91.1 cm³/mol. The van der Waals surface area contributed by atoms with Crippen molar-refractivity contribution in [1.82, 2.24) is 4.90 Å². The minimum Gasteiger partial charge on any atom is -0.330 e. The minimum atomic E-state index is 0.615. The van der Waals surface area contributed by atoms with E-state index in [9.17, 15) is 0 Å². The number of nitrogens with zero attached hydrogens (tertiary/aromatic N) is 1. The summed E-state index contributed by atoms with van der Waals surface area (Å²) < 4.78 is 0. The van der Waals surface area contributed by atoms with Crippen LogP contribution < -0.4 is 5.73 Å². The van der Waals surface area contributed by atoms with Gasteiger partial charge in [0.25, 0.3) is 0 Å². The average molecular weight is 297 g/mol. The highest BCUT2D eigenvalue weighted by Crippen LogP contribution is 2.21. The Bertz CT molecular complexity index is 333. The Morgan fingerprint density at radius 1 is 1.20 bits per heavy atom. The van der Waals surface area contributed by atoms with Crippen LogP contribution in [0.1, 0.15) is 51.8 Å². The van der Waals surface area contributed by atoms with Crippen LogP contribution in [0.4, 0.5) is 0 Å². The van der Waals surface area contributed by atoms with Crippen molar-refractivity contribution in [2.45, 2.75) is 59.5 Å². The Balaban J connectivity index is 2.38. The van der Waals surface area contributed by atoms with Gasteiger partial charge in [-0.15, -0.1) is 11.3 Å². The fourth-order valence-electron chi connectivity index (χ4n) is 2.70. The van der Waals surface area contributed by atoms with Gasteiger partial charge in [-0.2, -0.15) is 0 Å². The molecule has 0 aliphatic carbocycles. The highest BCUT2D eigenvalue weighted by molar-refractivity contribution is 7.09. The maximum absolute atomic E-state index is 5.73. The van der Waals surface area contributed by atoms with E-state index in [1.54, 1.807) is 0 Å². The van der Waals surface area contributed by atoms with Crippen LogP contribution in [-0.2, 0) is 6.54 Å². The smallest absolute Gasteiger partial charge is 0.0330 e. The van der Waals surface area contributed by atoms with Crippen molar-refractivity contribution in [1.29, 1.82) is 0 Å². The van der Waals surface area contributed by atoms with Gasteiger partial charge >= 0.3 is 0 Å². The Labute approximate surface area is 129 Å². The molecule has 0 saturated heterocycles. The topological polar surface area (TPSA) is 29.3 Å². The molecule has 2 N–H and O–H groups in total. The molecule has 0 fully saturated rings. The second-order valence-electron chi connectivity index (χ2n) is 6.37. The van der Waals surface area contributed by atoms with Crippen molar-refractivity contribution in [2.24, 2.45) is 17.6 Å². The van der Waals surface area contributed by atoms with Gasteiger partial charge in [-0.3, -0.25) is 4.90 Å². The van der Waals surface area contributed by atoms with Crippen LogP contribution in [0.15, 0.2) is 17.5 Å². The quantitative estimate of drug-likeness (QED) is 0.695. The third kappa shape index (κ3) is 6.38. The Morgan fingerprint density at radius 3 is 2.45 bits per heavy atom. The van der Waals surface area contributed by atoms with Gasteiger partial charge in [-0.1, -0.05) is 19.9 Å². The molecule has 0 radical (unpaired) electrons. The van der Waals surface area contributed by atoms with Gasteiger partial charge in [0, 0.05) is 17.5 Å². The van der Waals surface area contributed by atoms with Crippen LogP contribution in [-0.4, -0.2) is 24.0 Å². The molecule has 0 spiro atoms. The van der Waals surface area contributed by atoms with E-state index in [-0.39, 0.29) is 0 Å². The van der Waals surface area contributed by atoms with E-state index in [0.29, 0.717) is 6.04 Å². The molecule has 0 amide bonds. The van der Waals surface area contributed by atoms with Crippen LogP contribution in [0, 0.1) is 11.8 Å². The molecule has 116 valence electrons. The highest BCUT2D eigenvalue weighted by Gasteiger charge is 2.15. The number of hydrogen-bond donors (Lipinski definition) is 1. The summed E-state index contributed by atoms with van der Waals surface area (Å²) >= 11 is 1.86. The van der Waals surface area contributed by atoms with Gasteiger partial charge in [0.15, 0.2) is 0 Å². The molecule has 0 saturated carbocycles. The zero-order chi connectivity index (χ0) is 15.0. The minimum absolute atomic E-state index is 0.615. The SMILES string of the molecule is CC(C)C(CCN)CCCN(Cc1cccs1)C(C)C. The van der Waals surface area contributed by atoms with E-state index in [1.165, 1.54) is 30.7 Å². The summed E-state index contributed by atoms with van der Waals surface area (Å²) in [4.78, 5) is 4.06. The molecule has 1 aromatic heterocycles. The molecule has 1 unspecified atom stereocenters. The predicted octanol–water partition coefficient (Wildman–Crippen LogP) is 4.36. The molecule has 1 aromatic rings. The lowest BCUT2D eigenvalue weighted by molar-refractivity contribution is 0.199. The Kier molecular flexibility index (Phi) is 8.43. The largest absolute Gasteiger partial charge is 0.330 e. The third-order valence-corrected chi connectivity index (χ3v) is 5.03. The summed E-state index contributed by atoms with van der Waals surface area (Å²) in [7, 11) is 0. The summed E-state index contributed by atoms with van der Waals surface area (Å²) in [5.41, 5.74) is 5.73. The third-order valence-electron chi connectivity index (χ3n) is 4.17. The molecule has 0 aliphatic rings. The second-order valence-corrected chi connectivity index (χ2v) is 7.40.